The molecule has 1 aromatic rings. The maximum atomic E-state index is 5.42. The van der Waals surface area contributed by atoms with Crippen LogP contribution in [0.1, 0.15) is 19.8 Å². The van der Waals surface area contributed by atoms with Crippen molar-refractivity contribution >= 4 is 5.69 Å². The zero-order valence-electron chi connectivity index (χ0n) is 12.6. The number of ether oxygens (including phenoxy) is 2. The minimum Gasteiger partial charge on any atom is -0.493 e. The molecule has 2 fully saturated rings. The zero-order valence-corrected chi connectivity index (χ0v) is 12.6. The third-order valence-corrected chi connectivity index (χ3v) is 4.49. The lowest BCUT2D eigenvalue weighted by Crippen LogP contribution is -2.56. The van der Waals surface area contributed by atoms with Gasteiger partial charge in [-0.15, -0.1) is 0 Å². The van der Waals surface area contributed by atoms with Gasteiger partial charge in [0.1, 0.15) is 0 Å². The zero-order chi connectivity index (χ0) is 14.1. The fourth-order valence-electron chi connectivity index (χ4n) is 3.07. The van der Waals surface area contributed by atoms with Gasteiger partial charge in [0.15, 0.2) is 11.5 Å². The van der Waals surface area contributed by atoms with Crippen molar-refractivity contribution in [3.8, 4) is 11.5 Å². The summed E-state index contributed by atoms with van der Waals surface area (Å²) in [5, 5.41) is 3.68. The summed E-state index contributed by atoms with van der Waals surface area (Å²) in [7, 11) is 3.36. The van der Waals surface area contributed by atoms with Gasteiger partial charge in [-0.2, -0.15) is 0 Å². The lowest BCUT2D eigenvalue weighted by Gasteiger charge is -2.40. The van der Waals surface area contributed by atoms with Crippen LogP contribution in [0.3, 0.4) is 0 Å². The molecular weight excluding hydrogens is 252 g/mol. The first kappa shape index (κ1) is 13.6. The van der Waals surface area contributed by atoms with Crippen LogP contribution in [0.2, 0.25) is 0 Å². The second-order valence-electron chi connectivity index (χ2n) is 5.89. The van der Waals surface area contributed by atoms with Gasteiger partial charge >= 0.3 is 0 Å². The average Bonchev–Trinajstić information content (AvgIpc) is 3.31. The molecular formula is C16H24N2O2. The molecule has 1 aliphatic heterocycles. The Kier molecular flexibility index (Phi) is 3.74. The second kappa shape index (κ2) is 5.52. The summed E-state index contributed by atoms with van der Waals surface area (Å²) >= 11 is 0. The predicted molar refractivity (Wildman–Crippen MR) is 80.9 cm³/mol. The first-order chi connectivity index (χ1) is 9.72. The Morgan fingerprint density at radius 2 is 1.90 bits per heavy atom. The summed E-state index contributed by atoms with van der Waals surface area (Å²) < 4.78 is 10.7. The monoisotopic (exact) mass is 276 g/mol. The van der Waals surface area contributed by atoms with E-state index in [1.807, 2.05) is 6.07 Å². The van der Waals surface area contributed by atoms with E-state index in [9.17, 15) is 0 Å². The number of benzene rings is 1. The minimum atomic E-state index is 0.503. The van der Waals surface area contributed by atoms with Crippen molar-refractivity contribution in [1.29, 1.82) is 0 Å². The number of hydrogen-bond donors (Lipinski definition) is 1. The van der Waals surface area contributed by atoms with Gasteiger partial charge in [0.2, 0.25) is 0 Å². The van der Waals surface area contributed by atoms with Crippen molar-refractivity contribution in [3.05, 3.63) is 18.2 Å². The van der Waals surface area contributed by atoms with Crippen LogP contribution < -0.4 is 19.7 Å². The Bertz CT molecular complexity index is 474. The third kappa shape index (κ3) is 2.57. The molecule has 2 aliphatic rings. The Morgan fingerprint density at radius 1 is 1.15 bits per heavy atom. The quantitative estimate of drug-likeness (QED) is 0.915. The molecule has 4 nitrogen and oxygen atoms in total. The van der Waals surface area contributed by atoms with Crippen LogP contribution in [0.5, 0.6) is 11.5 Å². The highest BCUT2D eigenvalue weighted by Crippen LogP contribution is 2.37. The van der Waals surface area contributed by atoms with Gasteiger partial charge in [-0.1, -0.05) is 0 Å². The van der Waals surface area contributed by atoms with E-state index >= 15 is 0 Å². The highest BCUT2D eigenvalue weighted by atomic mass is 16.5. The summed E-state index contributed by atoms with van der Waals surface area (Å²) in [4.78, 5) is 2.49. The van der Waals surface area contributed by atoms with Gasteiger partial charge in [0, 0.05) is 36.9 Å². The summed E-state index contributed by atoms with van der Waals surface area (Å²) in [6.07, 6.45) is 2.76. The molecule has 0 spiro atoms. The van der Waals surface area contributed by atoms with E-state index < -0.39 is 0 Å². The van der Waals surface area contributed by atoms with E-state index in [1.54, 1.807) is 14.2 Å². The topological polar surface area (TPSA) is 33.7 Å². The van der Waals surface area contributed by atoms with Crippen LogP contribution in [0.4, 0.5) is 5.69 Å². The third-order valence-electron chi connectivity index (χ3n) is 4.49. The van der Waals surface area contributed by atoms with Crippen LogP contribution in [0.15, 0.2) is 18.2 Å². The summed E-state index contributed by atoms with van der Waals surface area (Å²) in [5.41, 5.74) is 1.22. The average molecular weight is 276 g/mol. The molecule has 1 heterocycles. The predicted octanol–water partition coefficient (Wildman–Crippen LogP) is 2.28. The molecule has 1 aliphatic carbocycles. The molecule has 1 N–H and O–H groups in total. The number of methoxy groups -OCH3 is 2. The Morgan fingerprint density at radius 3 is 2.55 bits per heavy atom. The van der Waals surface area contributed by atoms with Gasteiger partial charge in [-0.25, -0.2) is 0 Å². The molecule has 20 heavy (non-hydrogen) atoms. The molecule has 0 radical (unpaired) electrons. The van der Waals surface area contributed by atoms with Gasteiger partial charge in [-0.05, 0) is 37.8 Å². The van der Waals surface area contributed by atoms with Crippen molar-refractivity contribution in [3.63, 3.8) is 0 Å². The van der Waals surface area contributed by atoms with Crippen LogP contribution in [0, 0.1) is 5.92 Å². The number of hydrogen-bond acceptors (Lipinski definition) is 4. The van der Waals surface area contributed by atoms with Crippen molar-refractivity contribution in [2.24, 2.45) is 5.92 Å². The lowest BCUT2D eigenvalue weighted by atomic mass is 10.0. The molecule has 4 heteroatoms. The maximum absolute atomic E-state index is 5.42. The molecule has 1 saturated carbocycles. The van der Waals surface area contributed by atoms with Gasteiger partial charge in [0.05, 0.1) is 14.2 Å². The smallest absolute Gasteiger partial charge is 0.162 e. The number of piperazine rings is 1. The first-order valence-electron chi connectivity index (χ1n) is 7.45. The molecule has 2 unspecified atom stereocenters. The Balaban J connectivity index is 1.82. The SMILES string of the molecule is COc1ccc(N2CC(C3CC3)NCC2C)cc1OC. The van der Waals surface area contributed by atoms with E-state index in [0.717, 1.165) is 30.5 Å². The molecule has 3 rings (SSSR count). The number of anilines is 1. The number of nitrogens with one attached hydrogen (secondary N) is 1. The molecule has 110 valence electrons. The van der Waals surface area contributed by atoms with Gasteiger partial charge in [-0.3, -0.25) is 0 Å². The summed E-state index contributed by atoms with van der Waals surface area (Å²) in [6.45, 7) is 4.41. The summed E-state index contributed by atoms with van der Waals surface area (Å²) in [6, 6.07) is 7.36. The van der Waals surface area contributed by atoms with E-state index in [0.29, 0.717) is 12.1 Å². The van der Waals surface area contributed by atoms with Crippen molar-refractivity contribution in [2.75, 3.05) is 32.2 Å². The largest absolute Gasteiger partial charge is 0.493 e. The lowest BCUT2D eigenvalue weighted by molar-refractivity contribution is 0.353. The van der Waals surface area contributed by atoms with Crippen molar-refractivity contribution in [2.45, 2.75) is 31.8 Å². The van der Waals surface area contributed by atoms with Gasteiger partial charge in [0.25, 0.3) is 0 Å². The fourth-order valence-corrected chi connectivity index (χ4v) is 3.07. The van der Waals surface area contributed by atoms with Crippen LogP contribution in [-0.4, -0.2) is 39.4 Å². The van der Waals surface area contributed by atoms with Crippen LogP contribution in [-0.2, 0) is 0 Å². The normalized spacial score (nSPS) is 26.4. The number of nitrogens with zero attached hydrogens (tertiary/aromatic N) is 1. The molecule has 0 bridgehead atoms. The summed E-state index contributed by atoms with van der Waals surface area (Å²) in [5.74, 6) is 2.47. The molecule has 1 aromatic carbocycles. The number of rotatable bonds is 4. The molecule has 2 atom stereocenters. The Labute approximate surface area is 121 Å². The molecule has 0 amide bonds. The molecule has 1 saturated heterocycles. The fraction of sp³-hybridized carbons (Fsp3) is 0.625. The van der Waals surface area contributed by atoms with Crippen molar-refractivity contribution in [1.82, 2.24) is 5.32 Å². The van der Waals surface area contributed by atoms with Crippen LogP contribution in [0.25, 0.3) is 0 Å². The highest BCUT2D eigenvalue weighted by molar-refractivity contribution is 5.57. The highest BCUT2D eigenvalue weighted by Gasteiger charge is 2.36. The standard InChI is InChI=1S/C16H24N2O2/c1-11-9-17-14(12-4-5-12)10-18(11)13-6-7-15(19-2)16(8-13)20-3/h6-8,11-12,14,17H,4-5,9-10H2,1-3H3. The second-order valence-corrected chi connectivity index (χ2v) is 5.89. The minimum absolute atomic E-state index is 0.503. The van der Waals surface area contributed by atoms with E-state index in [2.05, 4.69) is 29.3 Å². The Hall–Kier alpha value is -1.42. The van der Waals surface area contributed by atoms with E-state index in [1.165, 1.54) is 18.5 Å². The van der Waals surface area contributed by atoms with E-state index in [-0.39, 0.29) is 0 Å². The van der Waals surface area contributed by atoms with Gasteiger partial charge < -0.3 is 19.7 Å². The van der Waals surface area contributed by atoms with Crippen molar-refractivity contribution < 1.29 is 9.47 Å². The molecule has 0 aromatic heterocycles. The first-order valence-corrected chi connectivity index (χ1v) is 7.45. The van der Waals surface area contributed by atoms with E-state index in [4.69, 9.17) is 9.47 Å². The maximum Gasteiger partial charge on any atom is 0.162 e. The van der Waals surface area contributed by atoms with Crippen LogP contribution >= 0.6 is 0 Å².